The Balaban J connectivity index is 1.47. The number of piperidine rings is 1. The Morgan fingerprint density at radius 2 is 1.83 bits per heavy atom. The molecule has 0 bridgehead atoms. The lowest BCUT2D eigenvalue weighted by molar-refractivity contribution is -0.141. The molecule has 7 nitrogen and oxygen atoms in total. The second-order valence-corrected chi connectivity index (χ2v) is 8.74. The van der Waals surface area contributed by atoms with Crippen LogP contribution in [0.5, 0.6) is 5.75 Å². The predicted octanol–water partition coefficient (Wildman–Crippen LogP) is 2.89. The van der Waals surface area contributed by atoms with Crippen LogP contribution in [0.1, 0.15) is 51.0 Å². The zero-order valence-electron chi connectivity index (χ0n) is 17.9. The Morgan fingerprint density at radius 1 is 1.13 bits per heavy atom. The van der Waals surface area contributed by atoms with Crippen LogP contribution < -0.4 is 10.1 Å². The summed E-state index contributed by atoms with van der Waals surface area (Å²) in [5, 5.41) is 2.85. The highest BCUT2D eigenvalue weighted by Crippen LogP contribution is 2.37. The maximum absolute atomic E-state index is 13.3. The number of fused-ring (bicyclic) bond motifs is 1. The van der Waals surface area contributed by atoms with E-state index in [0.717, 1.165) is 30.3 Å². The third-order valence-corrected chi connectivity index (χ3v) is 7.23. The number of hydrogen-bond donors (Lipinski definition) is 1. The molecule has 7 heteroatoms. The molecule has 30 heavy (non-hydrogen) atoms. The first-order chi connectivity index (χ1) is 14.5. The SMILES string of the molecule is CC[C@@]1(c2ccc(OC)cc2)NC(=O)N(CC(=O)N2CC[C@H]3CCCC[C@@H]3C2)C1=O. The van der Waals surface area contributed by atoms with E-state index in [4.69, 9.17) is 4.74 Å². The van der Waals surface area contributed by atoms with E-state index in [1.54, 1.807) is 31.4 Å². The van der Waals surface area contributed by atoms with Gasteiger partial charge in [-0.3, -0.25) is 14.5 Å². The van der Waals surface area contributed by atoms with Crippen molar-refractivity contribution in [3.05, 3.63) is 29.8 Å². The van der Waals surface area contributed by atoms with Gasteiger partial charge in [-0.25, -0.2) is 4.79 Å². The van der Waals surface area contributed by atoms with Crippen LogP contribution in [-0.4, -0.2) is 54.4 Å². The van der Waals surface area contributed by atoms with Gasteiger partial charge in [0.15, 0.2) is 0 Å². The van der Waals surface area contributed by atoms with Crippen LogP contribution in [0.25, 0.3) is 0 Å². The molecule has 1 aliphatic carbocycles. The molecule has 1 aromatic rings. The van der Waals surface area contributed by atoms with Gasteiger partial charge in [0.2, 0.25) is 5.91 Å². The van der Waals surface area contributed by atoms with Crippen LogP contribution in [0.4, 0.5) is 4.79 Å². The van der Waals surface area contributed by atoms with E-state index in [1.165, 1.54) is 25.7 Å². The van der Waals surface area contributed by atoms with Crippen LogP contribution in [0.2, 0.25) is 0 Å². The molecule has 3 aliphatic rings. The van der Waals surface area contributed by atoms with Gasteiger partial charge in [-0.2, -0.15) is 0 Å². The van der Waals surface area contributed by atoms with Gasteiger partial charge in [0.05, 0.1) is 7.11 Å². The van der Waals surface area contributed by atoms with Crippen LogP contribution in [0.3, 0.4) is 0 Å². The first-order valence-corrected chi connectivity index (χ1v) is 11.0. The Labute approximate surface area is 177 Å². The fourth-order valence-corrected chi connectivity index (χ4v) is 5.35. The number of methoxy groups -OCH3 is 1. The summed E-state index contributed by atoms with van der Waals surface area (Å²) in [6.07, 6.45) is 6.40. The molecule has 0 unspecified atom stereocenters. The van der Waals surface area contributed by atoms with Crippen molar-refractivity contribution in [2.45, 2.75) is 51.0 Å². The number of rotatable bonds is 5. The zero-order chi connectivity index (χ0) is 21.3. The Morgan fingerprint density at radius 3 is 2.50 bits per heavy atom. The molecule has 1 N–H and O–H groups in total. The van der Waals surface area contributed by atoms with Gasteiger partial charge in [-0.1, -0.05) is 38.3 Å². The van der Waals surface area contributed by atoms with Crippen LogP contribution in [0, 0.1) is 11.8 Å². The molecule has 2 saturated heterocycles. The largest absolute Gasteiger partial charge is 0.497 e. The Bertz CT molecular complexity index is 824. The topological polar surface area (TPSA) is 79.0 Å². The first kappa shape index (κ1) is 20.7. The van der Waals surface area contributed by atoms with Crippen LogP contribution >= 0.6 is 0 Å². The molecule has 162 valence electrons. The maximum atomic E-state index is 13.3. The number of amides is 4. The van der Waals surface area contributed by atoms with E-state index >= 15 is 0 Å². The lowest BCUT2D eigenvalue weighted by Gasteiger charge is -2.41. The van der Waals surface area contributed by atoms with E-state index in [1.807, 2.05) is 11.8 Å². The normalized spacial score (nSPS) is 28.9. The molecule has 0 radical (unpaired) electrons. The second kappa shape index (κ2) is 8.28. The Hall–Kier alpha value is -2.57. The molecule has 3 fully saturated rings. The molecule has 0 spiro atoms. The number of carbonyl (C=O) groups excluding carboxylic acids is 3. The average molecular weight is 414 g/mol. The number of nitrogens with zero attached hydrogens (tertiary/aromatic N) is 2. The number of ether oxygens (including phenoxy) is 1. The fraction of sp³-hybridized carbons (Fsp3) is 0.609. The lowest BCUT2D eigenvalue weighted by atomic mass is 9.75. The summed E-state index contributed by atoms with van der Waals surface area (Å²) in [5.41, 5.74) is -0.442. The van der Waals surface area contributed by atoms with Crippen molar-refractivity contribution in [1.82, 2.24) is 15.1 Å². The van der Waals surface area contributed by atoms with Crippen molar-refractivity contribution < 1.29 is 19.1 Å². The number of hydrogen-bond acceptors (Lipinski definition) is 4. The van der Waals surface area contributed by atoms with Gasteiger partial charge >= 0.3 is 6.03 Å². The van der Waals surface area contributed by atoms with Gasteiger partial charge in [-0.05, 0) is 48.8 Å². The quantitative estimate of drug-likeness (QED) is 0.753. The van der Waals surface area contributed by atoms with E-state index in [-0.39, 0.29) is 18.4 Å². The summed E-state index contributed by atoms with van der Waals surface area (Å²) in [5.74, 6) is 1.47. The lowest BCUT2D eigenvalue weighted by Crippen LogP contribution is -2.49. The molecule has 2 aliphatic heterocycles. The number of urea groups is 1. The van der Waals surface area contributed by atoms with Crippen LogP contribution in [0.15, 0.2) is 24.3 Å². The van der Waals surface area contributed by atoms with Crippen molar-refractivity contribution in [2.75, 3.05) is 26.7 Å². The molecule has 1 aromatic carbocycles. The van der Waals surface area contributed by atoms with E-state index in [2.05, 4.69) is 5.32 Å². The molecular formula is C23H31N3O4. The highest BCUT2D eigenvalue weighted by atomic mass is 16.5. The number of imide groups is 1. The minimum Gasteiger partial charge on any atom is -0.497 e. The standard InChI is InChI=1S/C23H31N3O4/c1-3-23(18-8-10-19(30-2)11-9-18)21(28)26(22(29)24-23)15-20(27)25-13-12-16-6-4-5-7-17(16)14-25/h8-11,16-17H,3-7,12-15H2,1-2H3,(H,24,29)/t16-,17-,23+/m1/s1. The summed E-state index contributed by atoms with van der Waals surface area (Å²) in [6, 6.07) is 6.63. The minimum absolute atomic E-state index is 0.135. The molecule has 0 aromatic heterocycles. The van der Waals surface area contributed by atoms with Gasteiger partial charge in [-0.15, -0.1) is 0 Å². The fourth-order valence-electron chi connectivity index (χ4n) is 5.35. The summed E-state index contributed by atoms with van der Waals surface area (Å²) in [7, 11) is 1.58. The van der Waals surface area contributed by atoms with Crippen molar-refractivity contribution in [3.8, 4) is 5.75 Å². The number of nitrogens with one attached hydrogen (secondary N) is 1. The molecule has 2 heterocycles. The van der Waals surface area contributed by atoms with Crippen molar-refractivity contribution in [2.24, 2.45) is 11.8 Å². The monoisotopic (exact) mass is 413 g/mol. The summed E-state index contributed by atoms with van der Waals surface area (Å²) >= 11 is 0. The molecule has 1 saturated carbocycles. The zero-order valence-corrected chi connectivity index (χ0v) is 17.9. The van der Waals surface area contributed by atoms with Gasteiger partial charge in [0.1, 0.15) is 17.8 Å². The minimum atomic E-state index is -1.14. The highest BCUT2D eigenvalue weighted by molar-refractivity contribution is 6.09. The van der Waals surface area contributed by atoms with Gasteiger partial charge < -0.3 is 15.0 Å². The smallest absolute Gasteiger partial charge is 0.325 e. The summed E-state index contributed by atoms with van der Waals surface area (Å²) < 4.78 is 5.19. The van der Waals surface area contributed by atoms with Crippen molar-refractivity contribution >= 4 is 17.8 Å². The van der Waals surface area contributed by atoms with Crippen molar-refractivity contribution in [1.29, 1.82) is 0 Å². The second-order valence-electron chi connectivity index (χ2n) is 8.74. The van der Waals surface area contributed by atoms with Gasteiger partial charge in [0, 0.05) is 13.1 Å². The predicted molar refractivity (Wildman–Crippen MR) is 112 cm³/mol. The van der Waals surface area contributed by atoms with Crippen molar-refractivity contribution in [3.63, 3.8) is 0 Å². The maximum Gasteiger partial charge on any atom is 0.325 e. The molecule has 4 amide bonds. The van der Waals surface area contributed by atoms with E-state index < -0.39 is 11.6 Å². The van der Waals surface area contributed by atoms with Gasteiger partial charge in [0.25, 0.3) is 5.91 Å². The van der Waals surface area contributed by atoms with E-state index in [9.17, 15) is 14.4 Å². The number of likely N-dealkylation sites (tertiary alicyclic amines) is 1. The third-order valence-electron chi connectivity index (χ3n) is 7.23. The molecule has 4 rings (SSSR count). The van der Waals surface area contributed by atoms with Crippen LogP contribution in [-0.2, 0) is 15.1 Å². The summed E-state index contributed by atoms with van der Waals surface area (Å²) in [4.78, 5) is 41.9. The average Bonchev–Trinajstić information content (AvgIpc) is 3.03. The number of carbonyl (C=O) groups is 3. The molecule has 3 atom stereocenters. The third kappa shape index (κ3) is 3.55. The number of benzene rings is 1. The highest BCUT2D eigenvalue weighted by Gasteiger charge is 2.52. The van der Waals surface area contributed by atoms with E-state index in [0.29, 0.717) is 23.7 Å². The molecular weight excluding hydrogens is 382 g/mol. The first-order valence-electron chi connectivity index (χ1n) is 11.0. The Kier molecular flexibility index (Phi) is 5.71. The summed E-state index contributed by atoms with van der Waals surface area (Å²) in [6.45, 7) is 3.15.